The molecule has 1 aromatic carbocycles. The molecule has 2 N–H and O–H groups in total. The molecule has 0 radical (unpaired) electrons. The van der Waals surface area contributed by atoms with E-state index in [1.165, 1.54) is 36.5 Å². The van der Waals surface area contributed by atoms with Crippen LogP contribution in [0.25, 0.3) is 0 Å². The Bertz CT molecular complexity index is 691. The molecule has 0 unspecified atom stereocenters. The Morgan fingerprint density at radius 1 is 1.25 bits per heavy atom. The molecule has 0 aliphatic heterocycles. The SMILES string of the molecule is O=C(O)c1ccc(NC(=O)c2cccnc2F)cc1Cl. The minimum atomic E-state index is -1.17. The summed E-state index contributed by atoms with van der Waals surface area (Å²) >= 11 is 5.77. The van der Waals surface area contributed by atoms with Crippen molar-refractivity contribution in [1.82, 2.24) is 4.98 Å². The smallest absolute Gasteiger partial charge is 0.337 e. The average molecular weight is 295 g/mol. The molecule has 0 aliphatic carbocycles. The van der Waals surface area contributed by atoms with Crippen molar-refractivity contribution in [2.45, 2.75) is 0 Å². The Balaban J connectivity index is 2.23. The maximum Gasteiger partial charge on any atom is 0.337 e. The Labute approximate surface area is 118 Å². The molecule has 0 atom stereocenters. The molecule has 1 heterocycles. The molecule has 1 amide bonds. The molecule has 20 heavy (non-hydrogen) atoms. The van der Waals surface area contributed by atoms with Crippen LogP contribution in [0.2, 0.25) is 5.02 Å². The number of nitrogens with one attached hydrogen (secondary N) is 1. The van der Waals surface area contributed by atoms with Crippen LogP contribution >= 0.6 is 11.6 Å². The molecule has 0 fully saturated rings. The lowest BCUT2D eigenvalue weighted by Gasteiger charge is -2.07. The van der Waals surface area contributed by atoms with E-state index in [0.29, 0.717) is 0 Å². The first kappa shape index (κ1) is 14.0. The van der Waals surface area contributed by atoms with Gasteiger partial charge in [-0.25, -0.2) is 9.78 Å². The number of benzene rings is 1. The molecule has 102 valence electrons. The summed E-state index contributed by atoms with van der Waals surface area (Å²) in [5, 5.41) is 11.2. The molecule has 2 rings (SSSR count). The fraction of sp³-hybridized carbons (Fsp3) is 0. The number of aromatic nitrogens is 1. The van der Waals surface area contributed by atoms with Crippen molar-refractivity contribution in [3.8, 4) is 0 Å². The van der Waals surface area contributed by atoms with Gasteiger partial charge in [0.25, 0.3) is 5.91 Å². The van der Waals surface area contributed by atoms with Crippen LogP contribution in [0, 0.1) is 5.95 Å². The van der Waals surface area contributed by atoms with Crippen molar-refractivity contribution >= 4 is 29.2 Å². The van der Waals surface area contributed by atoms with E-state index in [-0.39, 0.29) is 21.8 Å². The number of carboxylic acids is 1. The van der Waals surface area contributed by atoms with Crippen LogP contribution in [-0.4, -0.2) is 22.0 Å². The first-order chi connectivity index (χ1) is 9.49. The molecular weight excluding hydrogens is 287 g/mol. The third-order valence-corrected chi connectivity index (χ3v) is 2.77. The second-order valence-electron chi connectivity index (χ2n) is 3.80. The third-order valence-electron chi connectivity index (χ3n) is 2.46. The molecule has 0 bridgehead atoms. The number of halogens is 2. The number of amides is 1. The van der Waals surface area contributed by atoms with E-state index in [2.05, 4.69) is 10.3 Å². The van der Waals surface area contributed by atoms with Crippen LogP contribution in [0.4, 0.5) is 10.1 Å². The second-order valence-corrected chi connectivity index (χ2v) is 4.20. The highest BCUT2D eigenvalue weighted by Gasteiger charge is 2.14. The predicted molar refractivity (Wildman–Crippen MR) is 70.6 cm³/mol. The molecule has 7 heteroatoms. The maximum atomic E-state index is 13.3. The zero-order valence-corrected chi connectivity index (χ0v) is 10.7. The zero-order valence-electron chi connectivity index (χ0n) is 9.93. The number of pyridine rings is 1. The van der Waals surface area contributed by atoms with E-state index >= 15 is 0 Å². The van der Waals surface area contributed by atoms with Gasteiger partial charge in [0.2, 0.25) is 5.95 Å². The van der Waals surface area contributed by atoms with Gasteiger partial charge in [-0.15, -0.1) is 0 Å². The van der Waals surface area contributed by atoms with Crippen molar-refractivity contribution in [2.75, 3.05) is 5.32 Å². The summed E-state index contributed by atoms with van der Waals surface area (Å²) < 4.78 is 13.3. The number of hydrogen-bond acceptors (Lipinski definition) is 3. The predicted octanol–water partition coefficient (Wildman–Crippen LogP) is 2.82. The van der Waals surface area contributed by atoms with Crippen molar-refractivity contribution in [2.24, 2.45) is 0 Å². The summed E-state index contributed by atoms with van der Waals surface area (Å²) in [4.78, 5) is 26.0. The number of anilines is 1. The van der Waals surface area contributed by atoms with Crippen LogP contribution in [0.15, 0.2) is 36.5 Å². The van der Waals surface area contributed by atoms with Gasteiger partial charge in [-0.3, -0.25) is 4.79 Å². The summed E-state index contributed by atoms with van der Waals surface area (Å²) in [6.07, 6.45) is 1.23. The van der Waals surface area contributed by atoms with E-state index in [1.807, 2.05) is 0 Å². The first-order valence-electron chi connectivity index (χ1n) is 5.44. The number of carbonyl (C=O) groups excluding carboxylic acids is 1. The number of carbonyl (C=O) groups is 2. The summed E-state index contributed by atoms with van der Waals surface area (Å²) in [6.45, 7) is 0. The number of aromatic carboxylic acids is 1. The fourth-order valence-corrected chi connectivity index (χ4v) is 1.78. The van der Waals surface area contributed by atoms with Gasteiger partial charge in [0.05, 0.1) is 16.1 Å². The van der Waals surface area contributed by atoms with E-state index < -0.39 is 17.8 Å². The third kappa shape index (κ3) is 2.92. The van der Waals surface area contributed by atoms with Crippen LogP contribution < -0.4 is 5.32 Å². The van der Waals surface area contributed by atoms with E-state index in [0.717, 1.165) is 0 Å². The van der Waals surface area contributed by atoms with Crippen molar-refractivity contribution in [1.29, 1.82) is 0 Å². The van der Waals surface area contributed by atoms with Crippen LogP contribution in [0.5, 0.6) is 0 Å². The minimum absolute atomic E-state index is 0.0260. The maximum absolute atomic E-state index is 13.3. The Kier molecular flexibility index (Phi) is 3.95. The average Bonchev–Trinajstić information content (AvgIpc) is 2.38. The first-order valence-corrected chi connectivity index (χ1v) is 5.81. The summed E-state index contributed by atoms with van der Waals surface area (Å²) in [7, 11) is 0. The van der Waals surface area contributed by atoms with Crippen LogP contribution in [0.1, 0.15) is 20.7 Å². The van der Waals surface area contributed by atoms with Crippen molar-refractivity contribution in [3.63, 3.8) is 0 Å². The molecule has 0 saturated carbocycles. The highest BCUT2D eigenvalue weighted by Crippen LogP contribution is 2.21. The monoisotopic (exact) mass is 294 g/mol. The highest BCUT2D eigenvalue weighted by molar-refractivity contribution is 6.33. The van der Waals surface area contributed by atoms with Gasteiger partial charge in [0.1, 0.15) is 0 Å². The molecular formula is C13H8ClFN2O3. The van der Waals surface area contributed by atoms with E-state index in [9.17, 15) is 14.0 Å². The summed E-state index contributed by atoms with van der Waals surface area (Å²) in [6, 6.07) is 6.60. The van der Waals surface area contributed by atoms with Gasteiger partial charge in [0.15, 0.2) is 0 Å². The van der Waals surface area contributed by atoms with Crippen molar-refractivity contribution in [3.05, 3.63) is 58.6 Å². The minimum Gasteiger partial charge on any atom is -0.478 e. The standard InChI is InChI=1S/C13H8ClFN2O3/c14-10-6-7(3-4-8(10)13(19)20)17-12(18)9-2-1-5-16-11(9)15/h1-6H,(H,17,18)(H,19,20). The lowest BCUT2D eigenvalue weighted by atomic mass is 10.2. The molecule has 0 saturated heterocycles. The van der Waals surface area contributed by atoms with Gasteiger partial charge in [-0.05, 0) is 30.3 Å². The number of carboxylic acid groups (broad SMARTS) is 1. The lowest BCUT2D eigenvalue weighted by Crippen LogP contribution is -2.14. The van der Waals surface area contributed by atoms with Gasteiger partial charge < -0.3 is 10.4 Å². The van der Waals surface area contributed by atoms with Crippen LogP contribution in [0.3, 0.4) is 0 Å². The normalized spacial score (nSPS) is 10.1. The fourth-order valence-electron chi connectivity index (χ4n) is 1.52. The van der Waals surface area contributed by atoms with Crippen molar-refractivity contribution < 1.29 is 19.1 Å². The number of nitrogens with zero attached hydrogens (tertiary/aromatic N) is 1. The molecule has 1 aromatic heterocycles. The second kappa shape index (κ2) is 5.66. The molecule has 0 aliphatic rings. The highest BCUT2D eigenvalue weighted by atomic mass is 35.5. The topological polar surface area (TPSA) is 79.3 Å². The molecule has 0 spiro atoms. The Hall–Kier alpha value is -2.47. The van der Waals surface area contributed by atoms with Gasteiger partial charge in [-0.2, -0.15) is 4.39 Å². The summed E-state index contributed by atoms with van der Waals surface area (Å²) in [5.41, 5.74) is -0.0450. The van der Waals surface area contributed by atoms with E-state index in [1.54, 1.807) is 0 Å². The molecule has 2 aromatic rings. The Morgan fingerprint density at radius 2 is 2.00 bits per heavy atom. The van der Waals surface area contributed by atoms with Gasteiger partial charge in [0, 0.05) is 11.9 Å². The quantitative estimate of drug-likeness (QED) is 0.853. The number of rotatable bonds is 3. The lowest BCUT2D eigenvalue weighted by molar-refractivity contribution is 0.0697. The van der Waals surface area contributed by atoms with Gasteiger partial charge >= 0.3 is 5.97 Å². The zero-order chi connectivity index (χ0) is 14.7. The van der Waals surface area contributed by atoms with Crippen LogP contribution in [-0.2, 0) is 0 Å². The van der Waals surface area contributed by atoms with Gasteiger partial charge in [-0.1, -0.05) is 11.6 Å². The van der Waals surface area contributed by atoms with E-state index in [4.69, 9.17) is 16.7 Å². The Morgan fingerprint density at radius 3 is 2.60 bits per heavy atom. The number of hydrogen-bond donors (Lipinski definition) is 2. The largest absolute Gasteiger partial charge is 0.478 e. The summed E-state index contributed by atoms with van der Waals surface area (Å²) in [5.74, 6) is -2.76. The molecule has 5 nitrogen and oxygen atoms in total.